The minimum atomic E-state index is -0.215. The van der Waals surface area contributed by atoms with Gasteiger partial charge in [0.15, 0.2) is 5.11 Å². The van der Waals surface area contributed by atoms with Crippen LogP contribution in [0.2, 0.25) is 0 Å². The van der Waals surface area contributed by atoms with Crippen LogP contribution < -0.4 is 15.4 Å². The van der Waals surface area contributed by atoms with E-state index in [-0.39, 0.29) is 12.0 Å². The first kappa shape index (κ1) is 22.2. The molecule has 2 N–H and O–H groups in total. The van der Waals surface area contributed by atoms with E-state index >= 15 is 0 Å². The zero-order valence-electron chi connectivity index (χ0n) is 16.9. The summed E-state index contributed by atoms with van der Waals surface area (Å²) in [6, 6.07) is 5.63. The predicted molar refractivity (Wildman–Crippen MR) is 118 cm³/mol. The third-order valence-electron chi connectivity index (χ3n) is 5.07. The topological polar surface area (TPSA) is 50.4 Å². The zero-order chi connectivity index (χ0) is 20.2. The molecule has 0 atom stereocenters. The highest BCUT2D eigenvalue weighted by atomic mass is 79.9. The van der Waals surface area contributed by atoms with E-state index in [1.54, 1.807) is 18.2 Å². The molecule has 150 valence electrons. The van der Waals surface area contributed by atoms with Crippen LogP contribution in [0.5, 0.6) is 5.75 Å². The van der Waals surface area contributed by atoms with Gasteiger partial charge < -0.3 is 10.1 Å². The molecule has 1 aliphatic rings. The van der Waals surface area contributed by atoms with Gasteiger partial charge in [-0.25, -0.2) is 0 Å². The Bertz CT molecular complexity index is 677. The van der Waals surface area contributed by atoms with Gasteiger partial charge in [-0.1, -0.05) is 20.8 Å². The molecule has 0 bridgehead atoms. The summed E-state index contributed by atoms with van der Waals surface area (Å²) in [5.74, 6) is 1.26. The lowest BCUT2D eigenvalue weighted by Gasteiger charge is -2.37. The molecule has 1 fully saturated rings. The number of carbonyl (C=O) groups excluding carboxylic acids is 1. The van der Waals surface area contributed by atoms with Crippen LogP contribution in [0.1, 0.15) is 70.7 Å². The molecule has 27 heavy (non-hydrogen) atoms. The van der Waals surface area contributed by atoms with E-state index in [0.717, 1.165) is 29.0 Å². The highest BCUT2D eigenvalue weighted by Crippen LogP contribution is 2.37. The maximum absolute atomic E-state index is 12.5. The molecule has 1 aromatic carbocycles. The monoisotopic (exact) mass is 454 g/mol. The first-order valence-corrected chi connectivity index (χ1v) is 10.8. The predicted octanol–water partition coefficient (Wildman–Crippen LogP) is 5.45. The fourth-order valence-corrected chi connectivity index (χ4v) is 4.22. The molecule has 0 unspecified atom stereocenters. The molecule has 0 saturated heterocycles. The van der Waals surface area contributed by atoms with E-state index < -0.39 is 0 Å². The summed E-state index contributed by atoms with van der Waals surface area (Å²) in [6.45, 7) is 10.9. The number of benzene rings is 1. The zero-order valence-corrected chi connectivity index (χ0v) is 19.3. The van der Waals surface area contributed by atoms with Gasteiger partial charge in [-0.05, 0) is 97.2 Å². The standard InChI is InChI=1S/C21H31BrN2O2S/c1-13(2)26-18-11-6-14(12-17(18)22)19(25)24-20(27)23-16-9-7-15(8-10-16)21(3,4)5/h6,11-13,15-16H,7-10H2,1-5H3,(H2,23,24,25,27). The summed E-state index contributed by atoms with van der Waals surface area (Å²) in [4.78, 5) is 12.5. The van der Waals surface area contributed by atoms with Gasteiger partial charge in [-0.3, -0.25) is 10.1 Å². The van der Waals surface area contributed by atoms with E-state index in [0.29, 0.717) is 22.1 Å². The number of halogens is 1. The summed E-state index contributed by atoms with van der Waals surface area (Å²) in [7, 11) is 0. The second-order valence-electron chi connectivity index (χ2n) is 8.65. The number of hydrogen-bond donors (Lipinski definition) is 2. The molecule has 4 nitrogen and oxygen atoms in total. The summed E-state index contributed by atoms with van der Waals surface area (Å²) in [5.41, 5.74) is 0.900. The van der Waals surface area contributed by atoms with Crippen molar-refractivity contribution in [3.05, 3.63) is 28.2 Å². The van der Waals surface area contributed by atoms with E-state index in [1.807, 2.05) is 13.8 Å². The number of thiocarbonyl (C=S) groups is 1. The molecule has 0 aliphatic heterocycles. The van der Waals surface area contributed by atoms with E-state index in [4.69, 9.17) is 17.0 Å². The Morgan fingerprint density at radius 2 is 1.85 bits per heavy atom. The average molecular weight is 455 g/mol. The average Bonchev–Trinajstić information content (AvgIpc) is 2.55. The number of nitrogens with one attached hydrogen (secondary N) is 2. The van der Waals surface area contributed by atoms with Gasteiger partial charge in [-0.15, -0.1) is 0 Å². The van der Waals surface area contributed by atoms with Crippen LogP contribution >= 0.6 is 28.1 Å². The number of hydrogen-bond acceptors (Lipinski definition) is 3. The lowest BCUT2D eigenvalue weighted by atomic mass is 9.71. The molecule has 0 heterocycles. The van der Waals surface area contributed by atoms with Crippen LogP contribution in [0.25, 0.3) is 0 Å². The van der Waals surface area contributed by atoms with Gasteiger partial charge in [0, 0.05) is 11.6 Å². The van der Waals surface area contributed by atoms with E-state index in [1.165, 1.54) is 12.8 Å². The summed E-state index contributed by atoms with van der Waals surface area (Å²) in [6.07, 6.45) is 4.64. The largest absolute Gasteiger partial charge is 0.490 e. The van der Waals surface area contributed by atoms with Crippen molar-refractivity contribution in [1.82, 2.24) is 10.6 Å². The molecule has 1 amide bonds. The van der Waals surface area contributed by atoms with Crippen molar-refractivity contribution in [3.8, 4) is 5.75 Å². The Hall–Kier alpha value is -1.14. The Morgan fingerprint density at radius 1 is 1.22 bits per heavy atom. The van der Waals surface area contributed by atoms with Crippen LogP contribution in [-0.2, 0) is 0 Å². The minimum Gasteiger partial charge on any atom is -0.490 e. The molecule has 0 aromatic heterocycles. The van der Waals surface area contributed by atoms with Gasteiger partial charge in [-0.2, -0.15) is 0 Å². The van der Waals surface area contributed by atoms with Crippen LogP contribution in [0.15, 0.2) is 22.7 Å². The molecular weight excluding hydrogens is 424 g/mol. The molecule has 2 rings (SSSR count). The molecular formula is C21H31BrN2O2S. The van der Waals surface area contributed by atoms with Crippen molar-refractivity contribution in [3.63, 3.8) is 0 Å². The van der Waals surface area contributed by atoms with Gasteiger partial charge in [0.05, 0.1) is 10.6 Å². The van der Waals surface area contributed by atoms with Gasteiger partial charge in [0.1, 0.15) is 5.75 Å². The minimum absolute atomic E-state index is 0.0751. The first-order chi connectivity index (χ1) is 12.6. The second-order valence-corrected chi connectivity index (χ2v) is 9.92. The Balaban J connectivity index is 1.85. The number of carbonyl (C=O) groups is 1. The van der Waals surface area contributed by atoms with Crippen molar-refractivity contribution >= 4 is 39.2 Å². The first-order valence-electron chi connectivity index (χ1n) is 9.64. The van der Waals surface area contributed by atoms with Gasteiger partial charge in [0.25, 0.3) is 5.91 Å². The lowest BCUT2D eigenvalue weighted by molar-refractivity contribution is 0.0976. The van der Waals surface area contributed by atoms with Crippen molar-refractivity contribution in [1.29, 1.82) is 0 Å². The van der Waals surface area contributed by atoms with Crippen LogP contribution in [0.4, 0.5) is 0 Å². The van der Waals surface area contributed by atoms with Crippen LogP contribution in [0.3, 0.4) is 0 Å². The van der Waals surface area contributed by atoms with Gasteiger partial charge in [0.2, 0.25) is 0 Å². The maximum atomic E-state index is 12.5. The second kappa shape index (κ2) is 9.37. The summed E-state index contributed by atoms with van der Waals surface area (Å²) >= 11 is 8.81. The third-order valence-corrected chi connectivity index (χ3v) is 5.91. The number of ether oxygens (including phenoxy) is 1. The van der Waals surface area contributed by atoms with E-state index in [9.17, 15) is 4.79 Å². The van der Waals surface area contributed by atoms with Crippen molar-refractivity contribution in [2.75, 3.05) is 0 Å². The Labute approximate surface area is 177 Å². The fourth-order valence-electron chi connectivity index (χ4n) is 3.49. The SMILES string of the molecule is CC(C)Oc1ccc(C(=O)NC(=S)NC2CCC(C(C)(C)C)CC2)cc1Br. The number of rotatable bonds is 4. The quantitative estimate of drug-likeness (QED) is 0.594. The van der Waals surface area contributed by atoms with Crippen LogP contribution in [0, 0.1) is 11.3 Å². The maximum Gasteiger partial charge on any atom is 0.257 e. The third kappa shape index (κ3) is 6.75. The highest BCUT2D eigenvalue weighted by molar-refractivity contribution is 9.10. The van der Waals surface area contributed by atoms with Crippen molar-refractivity contribution in [2.24, 2.45) is 11.3 Å². The fraction of sp³-hybridized carbons (Fsp3) is 0.619. The lowest BCUT2D eigenvalue weighted by Crippen LogP contribution is -2.46. The van der Waals surface area contributed by atoms with Crippen LogP contribution in [-0.4, -0.2) is 23.2 Å². The van der Waals surface area contributed by atoms with E-state index in [2.05, 4.69) is 47.3 Å². The molecule has 1 aliphatic carbocycles. The molecule has 0 radical (unpaired) electrons. The highest BCUT2D eigenvalue weighted by Gasteiger charge is 2.29. The molecule has 1 saturated carbocycles. The molecule has 1 aromatic rings. The van der Waals surface area contributed by atoms with Gasteiger partial charge >= 0.3 is 0 Å². The molecule has 6 heteroatoms. The Morgan fingerprint density at radius 3 is 2.37 bits per heavy atom. The summed E-state index contributed by atoms with van der Waals surface area (Å²) < 4.78 is 6.43. The normalized spacial score (nSPS) is 20.3. The smallest absolute Gasteiger partial charge is 0.257 e. The summed E-state index contributed by atoms with van der Waals surface area (Å²) in [5, 5.41) is 6.50. The Kier molecular flexibility index (Phi) is 7.69. The van der Waals surface area contributed by atoms with Crippen molar-refractivity contribution < 1.29 is 9.53 Å². The van der Waals surface area contributed by atoms with Crippen molar-refractivity contribution in [2.45, 2.75) is 72.4 Å². The number of amides is 1. The molecule has 0 spiro atoms.